The summed E-state index contributed by atoms with van der Waals surface area (Å²) in [6, 6.07) is 7.55. The number of hydrogen-bond donors (Lipinski definition) is 1. The molecule has 0 unspecified atom stereocenters. The van der Waals surface area contributed by atoms with Gasteiger partial charge in [-0.3, -0.25) is 14.5 Å². The normalized spacial score (nSPS) is 15.8. The Morgan fingerprint density at radius 1 is 1.08 bits per heavy atom. The van der Waals surface area contributed by atoms with Gasteiger partial charge in [-0.2, -0.15) is 5.10 Å². The summed E-state index contributed by atoms with van der Waals surface area (Å²) in [5, 5.41) is 4.30. The maximum Gasteiger partial charge on any atom is 0.274 e. The van der Waals surface area contributed by atoms with Crippen molar-refractivity contribution in [3.63, 3.8) is 0 Å². The maximum atomic E-state index is 13.0. The molecule has 0 aliphatic carbocycles. The van der Waals surface area contributed by atoms with E-state index in [2.05, 4.69) is 5.10 Å². The first kappa shape index (κ1) is 17.1. The highest BCUT2D eigenvalue weighted by atomic mass is 19.1. The second kappa shape index (κ2) is 7.43. The van der Waals surface area contributed by atoms with Crippen LogP contribution in [-0.4, -0.2) is 64.1 Å². The van der Waals surface area contributed by atoms with Crippen molar-refractivity contribution in [3.05, 3.63) is 48.0 Å². The molecule has 25 heavy (non-hydrogen) atoms. The van der Waals surface area contributed by atoms with E-state index < -0.39 is 0 Å². The number of benzene rings is 1. The molecule has 2 amide bonds. The molecular weight excluding hydrogens is 325 g/mol. The van der Waals surface area contributed by atoms with Crippen LogP contribution in [0.1, 0.15) is 16.9 Å². The lowest BCUT2D eigenvalue weighted by molar-refractivity contribution is -0.119. The van der Waals surface area contributed by atoms with Crippen LogP contribution in [-0.2, 0) is 4.79 Å². The number of halogens is 1. The van der Waals surface area contributed by atoms with Gasteiger partial charge in [0.25, 0.3) is 5.91 Å². The van der Waals surface area contributed by atoms with Crippen LogP contribution in [0, 0.1) is 5.82 Å². The molecule has 0 saturated carbocycles. The third-order valence-electron chi connectivity index (χ3n) is 4.15. The summed E-state index contributed by atoms with van der Waals surface area (Å²) in [7, 11) is 0. The van der Waals surface area contributed by atoms with Crippen LogP contribution < -0.4 is 5.73 Å². The van der Waals surface area contributed by atoms with Gasteiger partial charge in [0.2, 0.25) is 5.91 Å². The highest BCUT2D eigenvalue weighted by molar-refractivity contribution is 5.92. The first-order chi connectivity index (χ1) is 12.0. The van der Waals surface area contributed by atoms with Crippen molar-refractivity contribution >= 4 is 11.8 Å². The summed E-state index contributed by atoms with van der Waals surface area (Å²) >= 11 is 0. The Morgan fingerprint density at radius 3 is 2.56 bits per heavy atom. The summed E-state index contributed by atoms with van der Waals surface area (Å²) in [5.41, 5.74) is 6.25. The molecule has 2 aromatic rings. The zero-order valence-corrected chi connectivity index (χ0v) is 13.8. The highest BCUT2D eigenvalue weighted by Crippen LogP contribution is 2.12. The molecule has 2 N–H and O–H groups in total. The highest BCUT2D eigenvalue weighted by Gasteiger charge is 2.22. The minimum atomic E-state index is -0.363. The van der Waals surface area contributed by atoms with Crippen molar-refractivity contribution in [2.75, 3.05) is 32.7 Å². The fourth-order valence-corrected chi connectivity index (χ4v) is 2.89. The molecular formula is C17H20FN5O2. The molecule has 1 saturated heterocycles. The number of nitrogens with two attached hydrogens (primary N) is 1. The lowest BCUT2D eigenvalue weighted by atomic mass is 10.3. The van der Waals surface area contributed by atoms with Crippen LogP contribution in [0.25, 0.3) is 5.69 Å². The Balaban J connectivity index is 1.67. The molecule has 0 radical (unpaired) electrons. The van der Waals surface area contributed by atoms with Crippen LogP contribution in [0.2, 0.25) is 0 Å². The van der Waals surface area contributed by atoms with Crippen molar-refractivity contribution in [2.24, 2.45) is 5.73 Å². The summed E-state index contributed by atoms with van der Waals surface area (Å²) in [6.45, 7) is 2.68. The largest absolute Gasteiger partial charge is 0.369 e. The molecule has 0 atom stereocenters. The molecule has 3 rings (SSSR count). The zero-order chi connectivity index (χ0) is 17.8. The molecule has 8 heteroatoms. The van der Waals surface area contributed by atoms with Crippen molar-refractivity contribution in [1.29, 1.82) is 0 Å². The number of amides is 2. The minimum absolute atomic E-state index is 0.151. The van der Waals surface area contributed by atoms with E-state index in [1.807, 2.05) is 4.90 Å². The molecule has 0 bridgehead atoms. The van der Waals surface area contributed by atoms with Gasteiger partial charge in [-0.1, -0.05) is 0 Å². The number of rotatable bonds is 4. The molecule has 1 aliphatic heterocycles. The topological polar surface area (TPSA) is 84.5 Å². The Hall–Kier alpha value is -2.74. The molecule has 1 aliphatic rings. The summed E-state index contributed by atoms with van der Waals surface area (Å²) in [4.78, 5) is 27.4. The van der Waals surface area contributed by atoms with Crippen LogP contribution in [0.15, 0.2) is 36.5 Å². The van der Waals surface area contributed by atoms with Crippen LogP contribution in [0.4, 0.5) is 4.39 Å². The number of carbonyl (C=O) groups excluding carboxylic acids is 2. The van der Waals surface area contributed by atoms with E-state index in [4.69, 9.17) is 5.73 Å². The molecule has 132 valence electrons. The van der Waals surface area contributed by atoms with Gasteiger partial charge < -0.3 is 10.6 Å². The van der Waals surface area contributed by atoms with Crippen molar-refractivity contribution in [2.45, 2.75) is 6.42 Å². The number of primary amides is 1. The second-order valence-electron chi connectivity index (χ2n) is 6.01. The van der Waals surface area contributed by atoms with Crippen molar-refractivity contribution in [3.8, 4) is 5.69 Å². The molecule has 1 fully saturated rings. The van der Waals surface area contributed by atoms with Gasteiger partial charge in [-0.05, 0) is 36.8 Å². The fraction of sp³-hybridized carbons (Fsp3) is 0.353. The minimum Gasteiger partial charge on any atom is -0.369 e. The van der Waals surface area contributed by atoms with Crippen molar-refractivity contribution in [1.82, 2.24) is 19.6 Å². The van der Waals surface area contributed by atoms with E-state index >= 15 is 0 Å². The molecule has 1 aromatic carbocycles. The van der Waals surface area contributed by atoms with Gasteiger partial charge in [-0.15, -0.1) is 0 Å². The van der Waals surface area contributed by atoms with Crippen LogP contribution in [0.5, 0.6) is 0 Å². The first-order valence-electron chi connectivity index (χ1n) is 8.14. The Labute approximate surface area is 144 Å². The zero-order valence-electron chi connectivity index (χ0n) is 13.8. The number of nitrogens with zero attached hydrogens (tertiary/aromatic N) is 4. The van der Waals surface area contributed by atoms with Gasteiger partial charge in [0.15, 0.2) is 5.69 Å². The van der Waals surface area contributed by atoms with Gasteiger partial charge >= 0.3 is 0 Å². The molecule has 1 aromatic heterocycles. The quantitative estimate of drug-likeness (QED) is 0.882. The fourth-order valence-electron chi connectivity index (χ4n) is 2.89. The maximum absolute atomic E-state index is 13.0. The van der Waals surface area contributed by atoms with E-state index in [1.165, 1.54) is 12.1 Å². The molecule has 7 nitrogen and oxygen atoms in total. The number of aromatic nitrogens is 2. The average molecular weight is 345 g/mol. The first-order valence-corrected chi connectivity index (χ1v) is 8.14. The van der Waals surface area contributed by atoms with E-state index in [0.29, 0.717) is 31.0 Å². The molecule has 2 heterocycles. The van der Waals surface area contributed by atoms with Crippen molar-refractivity contribution < 1.29 is 14.0 Å². The Bertz CT molecular complexity index is 759. The van der Waals surface area contributed by atoms with Crippen LogP contribution in [0.3, 0.4) is 0 Å². The van der Waals surface area contributed by atoms with E-state index in [-0.39, 0.29) is 24.2 Å². The summed E-state index contributed by atoms with van der Waals surface area (Å²) in [5.74, 6) is -0.836. The summed E-state index contributed by atoms with van der Waals surface area (Å²) < 4.78 is 14.6. The third kappa shape index (κ3) is 4.21. The standard InChI is InChI=1S/C17H20FN5O2/c18-13-2-4-14(5-3-13)23-9-6-15(20-23)17(25)22-8-1-7-21(10-11-22)12-16(19)24/h2-6,9H,1,7-8,10-12H2,(H2,19,24). The predicted octanol–water partition coefficient (Wildman–Crippen LogP) is 0.645. The molecule has 0 spiro atoms. The smallest absolute Gasteiger partial charge is 0.274 e. The lowest BCUT2D eigenvalue weighted by Gasteiger charge is -2.20. The second-order valence-corrected chi connectivity index (χ2v) is 6.01. The lowest BCUT2D eigenvalue weighted by Crippen LogP contribution is -2.38. The average Bonchev–Trinajstić information content (AvgIpc) is 2.96. The van der Waals surface area contributed by atoms with Gasteiger partial charge in [0.05, 0.1) is 12.2 Å². The number of hydrogen-bond acceptors (Lipinski definition) is 4. The van der Waals surface area contributed by atoms with Gasteiger partial charge in [-0.25, -0.2) is 9.07 Å². The van der Waals surface area contributed by atoms with E-state index in [1.54, 1.807) is 34.0 Å². The predicted molar refractivity (Wildman–Crippen MR) is 89.7 cm³/mol. The van der Waals surface area contributed by atoms with E-state index in [9.17, 15) is 14.0 Å². The number of carbonyl (C=O) groups is 2. The SMILES string of the molecule is NC(=O)CN1CCCN(C(=O)c2ccn(-c3ccc(F)cc3)n2)CC1. The van der Waals surface area contributed by atoms with E-state index in [0.717, 1.165) is 13.0 Å². The van der Waals surface area contributed by atoms with Gasteiger partial charge in [0, 0.05) is 32.4 Å². The Morgan fingerprint density at radius 2 is 1.84 bits per heavy atom. The van der Waals surface area contributed by atoms with Gasteiger partial charge in [0.1, 0.15) is 5.82 Å². The summed E-state index contributed by atoms with van der Waals surface area (Å²) in [6.07, 6.45) is 2.45. The van der Waals surface area contributed by atoms with Crippen LogP contribution >= 0.6 is 0 Å². The Kier molecular flexibility index (Phi) is 5.08. The monoisotopic (exact) mass is 345 g/mol. The third-order valence-corrected chi connectivity index (χ3v) is 4.15.